The van der Waals surface area contributed by atoms with Crippen molar-refractivity contribution in [3.8, 4) is 0 Å². The average Bonchev–Trinajstić information content (AvgIpc) is 3.19. The van der Waals surface area contributed by atoms with Gasteiger partial charge in [0.2, 0.25) is 10.0 Å². The maximum atomic E-state index is 12.8. The summed E-state index contributed by atoms with van der Waals surface area (Å²) in [4.78, 5) is 10.9. The van der Waals surface area contributed by atoms with E-state index in [1.165, 1.54) is 11.4 Å². The normalized spacial score (nSPS) is 12.0. The van der Waals surface area contributed by atoms with Crippen molar-refractivity contribution in [3.63, 3.8) is 0 Å². The van der Waals surface area contributed by atoms with Crippen molar-refractivity contribution >= 4 is 27.3 Å². The van der Waals surface area contributed by atoms with E-state index in [1.54, 1.807) is 0 Å². The number of carbonyl (C=O) groups is 1. The summed E-state index contributed by atoms with van der Waals surface area (Å²) in [6, 6.07) is 20.6. The highest BCUT2D eigenvalue weighted by Crippen LogP contribution is 2.32. The van der Waals surface area contributed by atoms with Gasteiger partial charge in [0.15, 0.2) is 0 Å². The van der Waals surface area contributed by atoms with Crippen LogP contribution in [0, 0.1) is 0 Å². The molecule has 2 N–H and O–H groups in total. The SMILES string of the molecule is CC(CNS(=O)(=O)c1ccsc1C(=O)O)(c1ccccc1)c1ccccc1. The van der Waals surface area contributed by atoms with Gasteiger partial charge in [0.05, 0.1) is 0 Å². The van der Waals surface area contributed by atoms with Crippen LogP contribution in [0.4, 0.5) is 0 Å². The Morgan fingerprint density at radius 2 is 1.52 bits per heavy atom. The molecule has 0 radical (unpaired) electrons. The maximum Gasteiger partial charge on any atom is 0.347 e. The highest BCUT2D eigenvalue weighted by Gasteiger charge is 2.32. The fraction of sp³-hybridized carbons (Fsp3) is 0.150. The fourth-order valence-corrected chi connectivity index (χ4v) is 5.36. The lowest BCUT2D eigenvalue weighted by atomic mass is 9.76. The number of hydrogen-bond acceptors (Lipinski definition) is 4. The zero-order valence-electron chi connectivity index (χ0n) is 14.6. The first-order chi connectivity index (χ1) is 12.8. The number of benzene rings is 2. The van der Waals surface area contributed by atoms with E-state index in [1.807, 2.05) is 67.6 Å². The number of sulfonamides is 1. The molecular formula is C20H19NO4S2. The molecule has 0 atom stereocenters. The van der Waals surface area contributed by atoms with Gasteiger partial charge < -0.3 is 5.11 Å². The standard InChI is InChI=1S/C20H19NO4S2/c1-20(15-8-4-2-5-9-15,16-10-6-3-7-11-16)14-21-27(24,25)17-12-13-26-18(17)19(22)23/h2-13,21H,14H2,1H3,(H,22,23). The summed E-state index contributed by atoms with van der Waals surface area (Å²) in [6.07, 6.45) is 0. The van der Waals surface area contributed by atoms with E-state index in [9.17, 15) is 18.3 Å². The largest absolute Gasteiger partial charge is 0.477 e. The summed E-state index contributed by atoms with van der Waals surface area (Å²) in [6.45, 7) is 2.06. The Hall–Kier alpha value is -2.48. The second-order valence-corrected chi connectivity index (χ2v) is 8.96. The van der Waals surface area contributed by atoms with Crippen molar-refractivity contribution in [3.05, 3.63) is 88.1 Å². The Kier molecular flexibility index (Phi) is 5.46. The van der Waals surface area contributed by atoms with Crippen LogP contribution in [0.1, 0.15) is 27.7 Å². The summed E-state index contributed by atoms with van der Waals surface area (Å²) in [7, 11) is -3.96. The van der Waals surface area contributed by atoms with E-state index in [4.69, 9.17) is 0 Å². The average molecular weight is 402 g/mol. The van der Waals surface area contributed by atoms with E-state index >= 15 is 0 Å². The number of rotatable bonds is 7. The zero-order valence-corrected chi connectivity index (χ0v) is 16.3. The molecule has 0 saturated heterocycles. The van der Waals surface area contributed by atoms with E-state index in [0.717, 1.165) is 22.5 Å². The van der Waals surface area contributed by atoms with E-state index in [0.29, 0.717) is 0 Å². The zero-order chi connectivity index (χ0) is 19.5. The Bertz CT molecular complexity index is 989. The Balaban J connectivity index is 1.96. The van der Waals surface area contributed by atoms with Gasteiger partial charge in [-0.05, 0) is 22.6 Å². The molecule has 1 heterocycles. The second-order valence-electron chi connectivity index (χ2n) is 6.31. The van der Waals surface area contributed by atoms with Crippen molar-refractivity contribution in [1.82, 2.24) is 4.72 Å². The molecule has 27 heavy (non-hydrogen) atoms. The van der Waals surface area contributed by atoms with Gasteiger partial charge in [-0.3, -0.25) is 0 Å². The predicted molar refractivity (Wildman–Crippen MR) is 106 cm³/mol. The smallest absolute Gasteiger partial charge is 0.347 e. The molecule has 1 aromatic heterocycles. The van der Waals surface area contributed by atoms with Crippen LogP contribution in [0.3, 0.4) is 0 Å². The maximum absolute atomic E-state index is 12.8. The molecule has 0 aliphatic heterocycles. The highest BCUT2D eigenvalue weighted by atomic mass is 32.2. The van der Waals surface area contributed by atoms with Crippen molar-refractivity contribution in [2.75, 3.05) is 6.54 Å². The summed E-state index contributed by atoms with van der Waals surface area (Å²) in [5, 5.41) is 10.7. The van der Waals surface area contributed by atoms with Gasteiger partial charge >= 0.3 is 5.97 Å². The van der Waals surface area contributed by atoms with Crippen molar-refractivity contribution in [1.29, 1.82) is 0 Å². The topological polar surface area (TPSA) is 83.5 Å². The number of thiophene rings is 1. The van der Waals surface area contributed by atoms with Gasteiger partial charge in [-0.25, -0.2) is 17.9 Å². The lowest BCUT2D eigenvalue weighted by molar-refractivity contribution is 0.0698. The lowest BCUT2D eigenvalue weighted by Crippen LogP contribution is -2.39. The Morgan fingerprint density at radius 3 is 2.00 bits per heavy atom. The van der Waals surface area contributed by atoms with Gasteiger partial charge in [0, 0.05) is 12.0 Å². The van der Waals surface area contributed by atoms with E-state index in [2.05, 4.69) is 4.72 Å². The molecule has 0 unspecified atom stereocenters. The van der Waals surface area contributed by atoms with Crippen LogP contribution in [0.25, 0.3) is 0 Å². The third-order valence-electron chi connectivity index (χ3n) is 4.55. The van der Waals surface area contributed by atoms with Crippen LogP contribution >= 0.6 is 11.3 Å². The van der Waals surface area contributed by atoms with Crippen LogP contribution in [-0.4, -0.2) is 26.0 Å². The molecule has 0 aliphatic carbocycles. The van der Waals surface area contributed by atoms with Crippen molar-refractivity contribution in [2.24, 2.45) is 0 Å². The highest BCUT2D eigenvalue weighted by molar-refractivity contribution is 7.89. The number of hydrogen-bond donors (Lipinski definition) is 2. The molecule has 0 saturated carbocycles. The Morgan fingerprint density at radius 1 is 1.00 bits per heavy atom. The van der Waals surface area contributed by atoms with Gasteiger partial charge in [-0.2, -0.15) is 0 Å². The molecule has 3 rings (SSSR count). The van der Waals surface area contributed by atoms with Crippen LogP contribution in [0.15, 0.2) is 77.0 Å². The van der Waals surface area contributed by atoms with E-state index < -0.39 is 21.4 Å². The summed E-state index contributed by atoms with van der Waals surface area (Å²) in [5.41, 5.74) is 1.31. The molecule has 0 spiro atoms. The third-order valence-corrected chi connectivity index (χ3v) is 7.03. The minimum atomic E-state index is -3.96. The van der Waals surface area contributed by atoms with Crippen LogP contribution in [0.5, 0.6) is 0 Å². The number of aromatic carboxylic acids is 1. The first-order valence-electron chi connectivity index (χ1n) is 8.26. The molecule has 0 aliphatic rings. The fourth-order valence-electron chi connectivity index (χ4n) is 2.96. The van der Waals surface area contributed by atoms with Crippen LogP contribution < -0.4 is 4.72 Å². The van der Waals surface area contributed by atoms with Crippen molar-refractivity contribution < 1.29 is 18.3 Å². The Labute approximate surface area is 162 Å². The first-order valence-corrected chi connectivity index (χ1v) is 10.6. The van der Waals surface area contributed by atoms with Crippen LogP contribution in [-0.2, 0) is 15.4 Å². The molecular weight excluding hydrogens is 382 g/mol. The quantitative estimate of drug-likeness (QED) is 0.632. The predicted octanol–water partition coefficient (Wildman–Crippen LogP) is 3.73. The summed E-state index contributed by atoms with van der Waals surface area (Å²) in [5.74, 6) is -1.25. The minimum Gasteiger partial charge on any atom is -0.477 e. The molecule has 7 heteroatoms. The molecule has 3 aromatic rings. The number of nitrogens with one attached hydrogen (secondary N) is 1. The second kappa shape index (κ2) is 7.64. The summed E-state index contributed by atoms with van der Waals surface area (Å²) < 4.78 is 28.1. The summed E-state index contributed by atoms with van der Waals surface area (Å²) >= 11 is 0.892. The molecule has 2 aromatic carbocycles. The third kappa shape index (κ3) is 3.95. The first kappa shape index (κ1) is 19.3. The van der Waals surface area contributed by atoms with Gasteiger partial charge in [-0.1, -0.05) is 67.6 Å². The monoisotopic (exact) mass is 401 g/mol. The number of carboxylic acid groups (broad SMARTS) is 1. The van der Waals surface area contributed by atoms with Crippen LogP contribution in [0.2, 0.25) is 0 Å². The molecule has 5 nitrogen and oxygen atoms in total. The number of carboxylic acids is 1. The molecule has 140 valence electrons. The molecule has 0 amide bonds. The van der Waals surface area contributed by atoms with E-state index in [-0.39, 0.29) is 16.3 Å². The van der Waals surface area contributed by atoms with Gasteiger partial charge in [-0.15, -0.1) is 11.3 Å². The minimum absolute atomic E-state index is 0.0955. The molecule has 0 bridgehead atoms. The van der Waals surface area contributed by atoms with Crippen molar-refractivity contribution in [2.45, 2.75) is 17.2 Å². The lowest BCUT2D eigenvalue weighted by Gasteiger charge is -2.31. The molecule has 0 fully saturated rings. The van der Waals surface area contributed by atoms with Gasteiger partial charge in [0.1, 0.15) is 9.77 Å². The van der Waals surface area contributed by atoms with Gasteiger partial charge in [0.25, 0.3) is 0 Å².